The molecule has 12 heavy (non-hydrogen) atoms. The van der Waals surface area contributed by atoms with Crippen molar-refractivity contribution in [3.8, 4) is 0 Å². The number of alkyl halides is 1. The van der Waals surface area contributed by atoms with E-state index in [0.29, 0.717) is 0 Å². The van der Waals surface area contributed by atoms with Gasteiger partial charge in [0.05, 0.1) is 0 Å². The molecule has 2 fully saturated rings. The maximum Gasteiger partial charge on any atom is 0.0192 e. The van der Waals surface area contributed by atoms with Gasteiger partial charge in [0.15, 0.2) is 0 Å². The van der Waals surface area contributed by atoms with Gasteiger partial charge in [-0.1, -0.05) is 22.4 Å². The predicted molar refractivity (Wildman–Crippen MR) is 55.7 cm³/mol. The van der Waals surface area contributed by atoms with E-state index in [1.807, 2.05) is 0 Å². The topological polar surface area (TPSA) is 3.24 Å². The minimum absolute atomic E-state index is 0.847. The van der Waals surface area contributed by atoms with Gasteiger partial charge in [0.25, 0.3) is 0 Å². The summed E-state index contributed by atoms with van der Waals surface area (Å²) in [5, 5.41) is 1.18. The van der Waals surface area contributed by atoms with Crippen LogP contribution >= 0.6 is 15.9 Å². The third-order valence-corrected chi connectivity index (χ3v) is 3.86. The lowest BCUT2D eigenvalue weighted by Gasteiger charge is -2.34. The molecule has 0 aromatic rings. The summed E-state index contributed by atoms with van der Waals surface area (Å²) in [4.78, 5) is 2.70. The molecule has 2 rings (SSSR count). The Morgan fingerprint density at radius 2 is 2.00 bits per heavy atom. The van der Waals surface area contributed by atoms with E-state index in [4.69, 9.17) is 0 Å². The summed E-state index contributed by atoms with van der Waals surface area (Å²) in [7, 11) is 0. The number of nitrogens with zero attached hydrogens (tertiary/aromatic N) is 1. The third-order valence-electron chi connectivity index (χ3n) is 3.12. The average molecular weight is 232 g/mol. The van der Waals surface area contributed by atoms with Gasteiger partial charge in [0, 0.05) is 17.9 Å². The summed E-state index contributed by atoms with van der Waals surface area (Å²) in [5.74, 6) is 1.06. The summed E-state index contributed by atoms with van der Waals surface area (Å²) in [6.07, 6.45) is 7.27. The predicted octanol–water partition coefficient (Wildman–Crippen LogP) is 2.65. The van der Waals surface area contributed by atoms with Crippen molar-refractivity contribution in [1.82, 2.24) is 4.90 Å². The molecule has 2 heteroatoms. The number of hydrogen-bond donors (Lipinski definition) is 0. The van der Waals surface area contributed by atoms with Crippen LogP contribution in [0.3, 0.4) is 0 Å². The summed E-state index contributed by atoms with van der Waals surface area (Å²) < 4.78 is 0. The van der Waals surface area contributed by atoms with Gasteiger partial charge in [-0.2, -0.15) is 0 Å². The lowest BCUT2D eigenvalue weighted by atomic mass is 10.0. The molecule has 0 amide bonds. The van der Waals surface area contributed by atoms with Gasteiger partial charge in [-0.15, -0.1) is 0 Å². The number of halogens is 1. The van der Waals surface area contributed by atoms with Crippen LogP contribution in [0, 0.1) is 5.92 Å². The number of piperidine rings is 1. The van der Waals surface area contributed by atoms with Crippen molar-refractivity contribution in [2.75, 3.05) is 18.4 Å². The molecule has 1 heterocycles. The SMILES string of the molecule is BrCC1CCCCN1CC1CC1. The Morgan fingerprint density at radius 1 is 1.17 bits per heavy atom. The summed E-state index contributed by atoms with van der Waals surface area (Å²) >= 11 is 3.62. The Morgan fingerprint density at radius 3 is 2.67 bits per heavy atom. The van der Waals surface area contributed by atoms with Gasteiger partial charge in [0.2, 0.25) is 0 Å². The Balaban J connectivity index is 1.81. The fourth-order valence-electron chi connectivity index (χ4n) is 2.11. The van der Waals surface area contributed by atoms with E-state index in [2.05, 4.69) is 20.8 Å². The van der Waals surface area contributed by atoms with E-state index in [0.717, 1.165) is 12.0 Å². The maximum atomic E-state index is 3.62. The van der Waals surface area contributed by atoms with Gasteiger partial charge < -0.3 is 0 Å². The fourth-order valence-corrected chi connectivity index (χ4v) is 2.84. The molecule has 2 aliphatic rings. The smallest absolute Gasteiger partial charge is 0.0192 e. The first-order valence-corrected chi connectivity index (χ1v) is 6.32. The largest absolute Gasteiger partial charge is 0.299 e. The van der Waals surface area contributed by atoms with Gasteiger partial charge >= 0.3 is 0 Å². The molecule has 0 aromatic heterocycles. The first-order chi connectivity index (χ1) is 5.90. The lowest BCUT2D eigenvalue weighted by Crippen LogP contribution is -2.41. The van der Waals surface area contributed by atoms with E-state index >= 15 is 0 Å². The van der Waals surface area contributed by atoms with Crippen LogP contribution in [0.1, 0.15) is 32.1 Å². The van der Waals surface area contributed by atoms with E-state index < -0.39 is 0 Å². The highest BCUT2D eigenvalue weighted by atomic mass is 79.9. The molecule has 1 aliphatic carbocycles. The maximum absolute atomic E-state index is 3.62. The molecule has 1 atom stereocenters. The van der Waals surface area contributed by atoms with Crippen LogP contribution in [0.25, 0.3) is 0 Å². The molecular formula is C10H18BrN. The number of hydrogen-bond acceptors (Lipinski definition) is 1. The van der Waals surface area contributed by atoms with Crippen molar-refractivity contribution in [1.29, 1.82) is 0 Å². The molecule has 1 saturated carbocycles. The Labute approximate surface area is 83.6 Å². The first kappa shape index (κ1) is 9.01. The highest BCUT2D eigenvalue weighted by molar-refractivity contribution is 9.09. The Kier molecular flexibility index (Phi) is 3.08. The highest BCUT2D eigenvalue weighted by Crippen LogP contribution is 2.32. The first-order valence-electron chi connectivity index (χ1n) is 5.20. The normalized spacial score (nSPS) is 32.2. The van der Waals surface area contributed by atoms with E-state index in [1.165, 1.54) is 50.5 Å². The molecule has 0 bridgehead atoms. The minimum atomic E-state index is 0.847. The lowest BCUT2D eigenvalue weighted by molar-refractivity contribution is 0.158. The fraction of sp³-hybridized carbons (Fsp3) is 1.00. The monoisotopic (exact) mass is 231 g/mol. The van der Waals surface area contributed by atoms with Gasteiger partial charge in [-0.05, 0) is 38.1 Å². The molecule has 1 unspecified atom stereocenters. The van der Waals surface area contributed by atoms with E-state index in [-0.39, 0.29) is 0 Å². The van der Waals surface area contributed by atoms with Crippen molar-refractivity contribution in [2.45, 2.75) is 38.1 Å². The summed E-state index contributed by atoms with van der Waals surface area (Å²) in [5.41, 5.74) is 0. The van der Waals surface area contributed by atoms with Crippen LogP contribution in [0.5, 0.6) is 0 Å². The van der Waals surface area contributed by atoms with E-state index in [1.54, 1.807) is 0 Å². The minimum Gasteiger partial charge on any atom is -0.299 e. The van der Waals surface area contributed by atoms with Crippen molar-refractivity contribution in [3.63, 3.8) is 0 Å². The molecular weight excluding hydrogens is 214 g/mol. The van der Waals surface area contributed by atoms with Crippen molar-refractivity contribution in [3.05, 3.63) is 0 Å². The van der Waals surface area contributed by atoms with Crippen molar-refractivity contribution >= 4 is 15.9 Å². The van der Waals surface area contributed by atoms with Gasteiger partial charge in [-0.3, -0.25) is 4.90 Å². The van der Waals surface area contributed by atoms with E-state index in [9.17, 15) is 0 Å². The molecule has 1 saturated heterocycles. The molecule has 0 aromatic carbocycles. The van der Waals surface area contributed by atoms with Crippen LogP contribution in [0.2, 0.25) is 0 Å². The van der Waals surface area contributed by atoms with Gasteiger partial charge in [0.1, 0.15) is 0 Å². The second-order valence-corrected chi connectivity index (χ2v) is 4.89. The Bertz CT molecular complexity index is 145. The highest BCUT2D eigenvalue weighted by Gasteiger charge is 2.28. The third kappa shape index (κ3) is 2.23. The zero-order chi connectivity index (χ0) is 8.39. The van der Waals surface area contributed by atoms with Gasteiger partial charge in [-0.25, -0.2) is 0 Å². The van der Waals surface area contributed by atoms with Crippen LogP contribution in [-0.4, -0.2) is 29.4 Å². The zero-order valence-electron chi connectivity index (χ0n) is 7.64. The van der Waals surface area contributed by atoms with Crippen LogP contribution in [0.4, 0.5) is 0 Å². The molecule has 0 spiro atoms. The van der Waals surface area contributed by atoms with Crippen molar-refractivity contribution < 1.29 is 0 Å². The number of likely N-dealkylation sites (tertiary alicyclic amines) is 1. The second kappa shape index (κ2) is 4.10. The zero-order valence-corrected chi connectivity index (χ0v) is 9.22. The standard InChI is InChI=1S/C10H18BrN/c11-7-10-3-1-2-6-12(10)8-9-4-5-9/h9-10H,1-8H2. The van der Waals surface area contributed by atoms with Crippen LogP contribution in [-0.2, 0) is 0 Å². The molecule has 0 N–H and O–H groups in total. The number of rotatable bonds is 3. The summed E-state index contributed by atoms with van der Waals surface area (Å²) in [6.45, 7) is 2.74. The quantitative estimate of drug-likeness (QED) is 0.676. The molecule has 70 valence electrons. The second-order valence-electron chi connectivity index (χ2n) is 4.24. The molecule has 0 radical (unpaired) electrons. The summed E-state index contributed by atoms with van der Waals surface area (Å²) in [6, 6.07) is 0.847. The average Bonchev–Trinajstić information content (AvgIpc) is 2.89. The van der Waals surface area contributed by atoms with Crippen molar-refractivity contribution in [2.24, 2.45) is 5.92 Å². The molecule has 1 aliphatic heterocycles. The molecule has 1 nitrogen and oxygen atoms in total. The van der Waals surface area contributed by atoms with Crippen LogP contribution < -0.4 is 0 Å². The van der Waals surface area contributed by atoms with Crippen LogP contribution in [0.15, 0.2) is 0 Å². The Hall–Kier alpha value is 0.440.